The normalized spacial score (nSPS) is 12.4. The first-order valence-electron chi connectivity index (χ1n) is 5.75. The molecule has 0 aromatic heterocycles. The van der Waals surface area contributed by atoms with Crippen LogP contribution in [0, 0.1) is 0 Å². The molecular weight excluding hydrogens is 244 g/mol. The molecule has 2 rings (SSSR count). The van der Waals surface area contributed by atoms with E-state index in [2.05, 4.69) is 67.8 Å². The van der Waals surface area contributed by atoms with Crippen molar-refractivity contribution in [1.82, 2.24) is 0 Å². The zero-order valence-corrected chi connectivity index (χ0v) is 11.9. The van der Waals surface area contributed by atoms with Gasteiger partial charge in [0.15, 0.2) is 9.79 Å². The predicted octanol–water partition coefficient (Wildman–Crippen LogP) is 4.46. The van der Waals surface area contributed by atoms with Gasteiger partial charge in [0.05, 0.1) is 10.9 Å². The Labute approximate surface area is 111 Å². The van der Waals surface area contributed by atoms with E-state index >= 15 is 0 Å². The van der Waals surface area contributed by atoms with E-state index in [1.54, 1.807) is 0 Å². The molecule has 0 radical (unpaired) electrons. The molecule has 0 saturated carbocycles. The predicted molar refractivity (Wildman–Crippen MR) is 79.1 cm³/mol. The van der Waals surface area contributed by atoms with Crippen molar-refractivity contribution in [3.63, 3.8) is 0 Å². The number of rotatable bonds is 4. The van der Waals surface area contributed by atoms with Gasteiger partial charge in [-0.1, -0.05) is 25.1 Å². The molecule has 0 saturated heterocycles. The Hall–Kier alpha value is -0.860. The smallest absolute Gasteiger partial charge is 0.126 e. The van der Waals surface area contributed by atoms with Gasteiger partial charge in [-0.25, -0.2) is 0 Å². The third-order valence-electron chi connectivity index (χ3n) is 2.59. The van der Waals surface area contributed by atoms with Gasteiger partial charge in [-0.05, 0) is 42.2 Å². The molecule has 1 unspecified atom stereocenters. The highest BCUT2D eigenvalue weighted by Crippen LogP contribution is 2.24. The third kappa shape index (κ3) is 3.30. The van der Waals surface area contributed by atoms with Crippen LogP contribution in [-0.4, -0.2) is 12.0 Å². The fourth-order valence-electron chi connectivity index (χ4n) is 1.67. The summed E-state index contributed by atoms with van der Waals surface area (Å²) in [7, 11) is 0.182. The Balaban J connectivity index is 2.17. The second kappa shape index (κ2) is 6.18. The minimum Gasteiger partial charge on any atom is -0.126 e. The number of benzene rings is 2. The van der Waals surface area contributed by atoms with Crippen molar-refractivity contribution < 1.29 is 0 Å². The van der Waals surface area contributed by atoms with E-state index in [-0.39, 0.29) is 10.9 Å². The van der Waals surface area contributed by atoms with Crippen LogP contribution in [0.5, 0.6) is 0 Å². The molecule has 2 aromatic rings. The summed E-state index contributed by atoms with van der Waals surface area (Å²) >= 11 is 1.89. The van der Waals surface area contributed by atoms with E-state index in [0.29, 0.717) is 0 Å². The molecule has 0 bridgehead atoms. The summed E-state index contributed by atoms with van der Waals surface area (Å²) in [5.41, 5.74) is 0. The molecule has 2 aromatic carbocycles. The van der Waals surface area contributed by atoms with Crippen LogP contribution in [0.25, 0.3) is 0 Å². The molecule has 0 aliphatic rings. The molecule has 0 spiro atoms. The van der Waals surface area contributed by atoms with Crippen LogP contribution in [-0.2, 0) is 10.9 Å². The molecule has 0 aliphatic carbocycles. The first-order chi connectivity index (χ1) is 8.31. The standard InChI is InChI=1S/C15H17S2/c1-3-16-13-9-11-15(12-10-13)17(2)14-7-5-4-6-8-14/h4-12H,3H2,1-2H3/q+1. The molecular formula is C15H17S2+. The Kier molecular flexibility index (Phi) is 4.57. The molecule has 0 N–H and O–H groups in total. The maximum absolute atomic E-state index is 2.29. The molecule has 0 aliphatic heterocycles. The lowest BCUT2D eigenvalue weighted by Crippen LogP contribution is -1.99. The summed E-state index contributed by atoms with van der Waals surface area (Å²) in [6, 6.07) is 19.7. The average Bonchev–Trinajstić information content (AvgIpc) is 2.40. The van der Waals surface area contributed by atoms with E-state index < -0.39 is 0 Å². The van der Waals surface area contributed by atoms with Crippen molar-refractivity contribution in [2.45, 2.75) is 21.6 Å². The molecule has 0 fully saturated rings. The zero-order chi connectivity index (χ0) is 12.1. The first kappa shape index (κ1) is 12.6. The lowest BCUT2D eigenvalue weighted by molar-refractivity contribution is 1.32. The SMILES string of the molecule is CCSc1ccc([S+](C)c2ccccc2)cc1. The summed E-state index contributed by atoms with van der Waals surface area (Å²) in [5.74, 6) is 1.13. The van der Waals surface area contributed by atoms with Crippen LogP contribution in [0.2, 0.25) is 0 Å². The van der Waals surface area contributed by atoms with E-state index in [1.165, 1.54) is 14.7 Å². The van der Waals surface area contributed by atoms with Gasteiger partial charge in [0.1, 0.15) is 6.26 Å². The Morgan fingerprint density at radius 2 is 1.47 bits per heavy atom. The summed E-state index contributed by atoms with van der Waals surface area (Å²) in [4.78, 5) is 4.18. The highest BCUT2D eigenvalue weighted by atomic mass is 32.2. The van der Waals surface area contributed by atoms with Crippen LogP contribution in [0.3, 0.4) is 0 Å². The molecule has 1 atom stereocenters. The zero-order valence-electron chi connectivity index (χ0n) is 10.2. The van der Waals surface area contributed by atoms with Crippen molar-refractivity contribution in [2.75, 3.05) is 12.0 Å². The largest absolute Gasteiger partial charge is 0.160 e. The third-order valence-corrected chi connectivity index (χ3v) is 5.44. The molecule has 0 nitrogen and oxygen atoms in total. The summed E-state index contributed by atoms with van der Waals surface area (Å²) in [6.45, 7) is 2.19. The Morgan fingerprint density at radius 3 is 2.06 bits per heavy atom. The van der Waals surface area contributed by atoms with E-state index in [1.807, 2.05) is 11.8 Å². The number of thioether (sulfide) groups is 1. The van der Waals surface area contributed by atoms with Gasteiger partial charge in [-0.2, -0.15) is 0 Å². The van der Waals surface area contributed by atoms with E-state index in [4.69, 9.17) is 0 Å². The summed E-state index contributed by atoms with van der Waals surface area (Å²) < 4.78 is 0. The monoisotopic (exact) mass is 261 g/mol. The molecule has 0 amide bonds. The topological polar surface area (TPSA) is 0 Å². The maximum Gasteiger partial charge on any atom is 0.160 e. The van der Waals surface area contributed by atoms with E-state index in [9.17, 15) is 0 Å². The summed E-state index contributed by atoms with van der Waals surface area (Å²) in [6.07, 6.45) is 2.29. The fourth-order valence-corrected chi connectivity index (χ4v) is 3.71. The van der Waals surface area contributed by atoms with Crippen LogP contribution in [0.4, 0.5) is 0 Å². The highest BCUT2D eigenvalue weighted by molar-refractivity contribution is 7.99. The van der Waals surface area contributed by atoms with Crippen molar-refractivity contribution in [3.05, 3.63) is 54.6 Å². The van der Waals surface area contributed by atoms with Gasteiger partial charge in [-0.3, -0.25) is 0 Å². The van der Waals surface area contributed by atoms with E-state index in [0.717, 1.165) is 5.75 Å². The fraction of sp³-hybridized carbons (Fsp3) is 0.200. The lowest BCUT2D eigenvalue weighted by atomic mass is 10.4. The van der Waals surface area contributed by atoms with Crippen LogP contribution in [0.1, 0.15) is 6.92 Å². The number of hydrogen-bond donors (Lipinski definition) is 0. The van der Waals surface area contributed by atoms with Gasteiger partial charge < -0.3 is 0 Å². The van der Waals surface area contributed by atoms with Crippen LogP contribution in [0.15, 0.2) is 69.3 Å². The summed E-state index contributed by atoms with van der Waals surface area (Å²) in [5, 5.41) is 0. The molecule has 88 valence electrons. The van der Waals surface area contributed by atoms with Crippen molar-refractivity contribution in [1.29, 1.82) is 0 Å². The van der Waals surface area contributed by atoms with Crippen LogP contribution >= 0.6 is 11.8 Å². The van der Waals surface area contributed by atoms with Gasteiger partial charge in [-0.15, -0.1) is 11.8 Å². The minimum absolute atomic E-state index is 0.182. The number of hydrogen-bond acceptors (Lipinski definition) is 1. The molecule has 0 heterocycles. The van der Waals surface area contributed by atoms with Gasteiger partial charge in [0.25, 0.3) is 0 Å². The lowest BCUT2D eigenvalue weighted by Gasteiger charge is -2.03. The Bertz CT molecular complexity index is 448. The minimum atomic E-state index is 0.182. The van der Waals surface area contributed by atoms with Crippen molar-refractivity contribution in [3.8, 4) is 0 Å². The first-order valence-corrected chi connectivity index (χ1v) is 8.37. The molecule has 2 heteroatoms. The van der Waals surface area contributed by atoms with Crippen molar-refractivity contribution >= 4 is 22.7 Å². The van der Waals surface area contributed by atoms with Gasteiger partial charge in [0, 0.05) is 4.90 Å². The Morgan fingerprint density at radius 1 is 0.882 bits per heavy atom. The highest BCUT2D eigenvalue weighted by Gasteiger charge is 2.17. The van der Waals surface area contributed by atoms with Crippen LogP contribution < -0.4 is 0 Å². The quantitative estimate of drug-likeness (QED) is 0.578. The molecule has 17 heavy (non-hydrogen) atoms. The average molecular weight is 261 g/mol. The van der Waals surface area contributed by atoms with Gasteiger partial charge in [0.2, 0.25) is 0 Å². The maximum atomic E-state index is 2.29. The second-order valence-corrected chi connectivity index (χ2v) is 7.03. The van der Waals surface area contributed by atoms with Crippen molar-refractivity contribution in [2.24, 2.45) is 0 Å². The van der Waals surface area contributed by atoms with Gasteiger partial charge >= 0.3 is 0 Å². The second-order valence-electron chi connectivity index (χ2n) is 3.73.